The lowest BCUT2D eigenvalue weighted by atomic mass is 9.66. The number of hydrogen-bond acceptors (Lipinski definition) is 1. The first-order valence-electron chi connectivity index (χ1n) is 22.4. The van der Waals surface area contributed by atoms with E-state index in [0.29, 0.717) is 0 Å². The third kappa shape index (κ3) is 6.14. The van der Waals surface area contributed by atoms with Gasteiger partial charge in [0, 0.05) is 22.5 Å². The highest BCUT2D eigenvalue weighted by atomic mass is 15.1. The van der Waals surface area contributed by atoms with E-state index in [1.54, 1.807) is 11.1 Å². The van der Waals surface area contributed by atoms with E-state index in [0.717, 1.165) is 28.9 Å². The van der Waals surface area contributed by atoms with Gasteiger partial charge in [0.15, 0.2) is 0 Å². The average molecular weight is 794 g/mol. The molecule has 9 aromatic rings. The molecule has 3 atom stereocenters. The van der Waals surface area contributed by atoms with Gasteiger partial charge in [0.05, 0.1) is 0 Å². The fraction of sp³-hybridized carbons (Fsp3) is 0.115. The molecule has 0 saturated heterocycles. The van der Waals surface area contributed by atoms with Gasteiger partial charge in [-0.1, -0.05) is 182 Å². The van der Waals surface area contributed by atoms with Crippen molar-refractivity contribution in [3.63, 3.8) is 0 Å². The molecule has 0 amide bonds. The molecule has 3 aliphatic rings. The molecular formula is C61H47N. The SMILES string of the molecule is c1ccc(-c2cccc(N(c3ccc(-c4ccc(-c5ccc6c(c5)C5(CC7CCC5C7)c5ccccc5-6)c(-c5ccccc5)c4)cc3)c3cccc(-c4ccccc4)c3)c2)cc1. The van der Waals surface area contributed by atoms with Crippen LogP contribution in [0.4, 0.5) is 17.1 Å². The molecule has 2 fully saturated rings. The lowest BCUT2D eigenvalue weighted by Gasteiger charge is -2.36. The molecule has 3 aliphatic carbocycles. The minimum atomic E-state index is 0.152. The highest BCUT2D eigenvalue weighted by Gasteiger charge is 2.56. The maximum absolute atomic E-state index is 2.58. The second kappa shape index (κ2) is 15.0. The molecule has 9 aromatic carbocycles. The number of rotatable bonds is 8. The van der Waals surface area contributed by atoms with E-state index in [4.69, 9.17) is 0 Å². The Morgan fingerprint density at radius 2 is 0.839 bits per heavy atom. The molecule has 3 unspecified atom stereocenters. The number of fused-ring (bicyclic) bond motifs is 8. The zero-order chi connectivity index (χ0) is 41.0. The number of nitrogens with zero attached hydrogens (tertiary/aromatic N) is 1. The van der Waals surface area contributed by atoms with E-state index in [1.165, 1.54) is 92.4 Å². The monoisotopic (exact) mass is 793 g/mol. The number of benzene rings is 9. The standard InChI is InChI=1S/C61H47N/c1-4-14-43(15-5-1)47-20-12-22-53(37-47)62(54-23-13-21-48(38-54)44-16-6-2-7-17-44)52-32-27-45(28-33-52)49-29-34-55(58(39-49)46-18-8-3-9-19-46)50-30-35-57-56-24-10-11-25-59(56)61(60(57)40-50)41-42-26-31-51(61)36-42/h1-25,27-30,32-35,37-40,42,51H,26,31,36,41H2. The predicted octanol–water partition coefficient (Wildman–Crippen LogP) is 16.6. The summed E-state index contributed by atoms with van der Waals surface area (Å²) in [5.74, 6) is 1.58. The summed E-state index contributed by atoms with van der Waals surface area (Å²) in [7, 11) is 0. The van der Waals surface area contributed by atoms with Crippen LogP contribution in [0.1, 0.15) is 36.8 Å². The molecule has 1 heteroatoms. The first-order chi connectivity index (χ1) is 30.7. The molecule has 0 aromatic heterocycles. The number of hydrogen-bond donors (Lipinski definition) is 0. The highest BCUT2D eigenvalue weighted by Crippen LogP contribution is 2.66. The van der Waals surface area contributed by atoms with Gasteiger partial charge in [0.2, 0.25) is 0 Å². The molecule has 62 heavy (non-hydrogen) atoms. The summed E-state index contributed by atoms with van der Waals surface area (Å²) in [6.45, 7) is 0. The zero-order valence-corrected chi connectivity index (χ0v) is 34.8. The Hall–Kier alpha value is -7.22. The third-order valence-electron chi connectivity index (χ3n) is 14.3. The van der Waals surface area contributed by atoms with Crippen LogP contribution in [0.5, 0.6) is 0 Å². The Labute approximate surface area is 365 Å². The second-order valence-electron chi connectivity index (χ2n) is 17.7. The summed E-state index contributed by atoms with van der Waals surface area (Å²) >= 11 is 0. The second-order valence-corrected chi connectivity index (χ2v) is 17.7. The van der Waals surface area contributed by atoms with E-state index >= 15 is 0 Å². The molecule has 2 saturated carbocycles. The van der Waals surface area contributed by atoms with Crippen molar-refractivity contribution in [2.45, 2.75) is 31.1 Å². The van der Waals surface area contributed by atoms with Crippen LogP contribution < -0.4 is 4.90 Å². The van der Waals surface area contributed by atoms with Crippen molar-refractivity contribution in [1.29, 1.82) is 0 Å². The molecule has 1 nitrogen and oxygen atoms in total. The lowest BCUT2D eigenvalue weighted by Crippen LogP contribution is -2.31. The first-order valence-corrected chi connectivity index (χ1v) is 22.4. The van der Waals surface area contributed by atoms with Crippen LogP contribution in [0.2, 0.25) is 0 Å². The van der Waals surface area contributed by atoms with Crippen molar-refractivity contribution >= 4 is 17.1 Å². The van der Waals surface area contributed by atoms with E-state index in [9.17, 15) is 0 Å². The quantitative estimate of drug-likeness (QED) is 0.148. The van der Waals surface area contributed by atoms with Gasteiger partial charge in [0.1, 0.15) is 0 Å². The van der Waals surface area contributed by atoms with Crippen LogP contribution in [0, 0.1) is 11.8 Å². The van der Waals surface area contributed by atoms with Crippen molar-refractivity contribution in [3.8, 4) is 66.8 Å². The summed E-state index contributed by atoms with van der Waals surface area (Å²) in [5, 5.41) is 0. The number of anilines is 3. The Balaban J connectivity index is 0.942. The van der Waals surface area contributed by atoms with Gasteiger partial charge in [-0.05, 0) is 158 Å². The van der Waals surface area contributed by atoms with E-state index in [-0.39, 0.29) is 5.41 Å². The summed E-state index contributed by atoms with van der Waals surface area (Å²) in [6, 6.07) is 83.0. The summed E-state index contributed by atoms with van der Waals surface area (Å²) < 4.78 is 0. The molecular weight excluding hydrogens is 747 g/mol. The van der Waals surface area contributed by atoms with Crippen molar-refractivity contribution < 1.29 is 0 Å². The van der Waals surface area contributed by atoms with E-state index in [2.05, 4.69) is 229 Å². The van der Waals surface area contributed by atoms with Crippen LogP contribution in [-0.2, 0) is 5.41 Å². The van der Waals surface area contributed by atoms with Crippen molar-refractivity contribution in [2.75, 3.05) is 4.90 Å². The van der Waals surface area contributed by atoms with Crippen LogP contribution in [0.25, 0.3) is 66.8 Å². The molecule has 0 aliphatic heterocycles. The maximum Gasteiger partial charge on any atom is 0.0467 e. The predicted molar refractivity (Wildman–Crippen MR) is 260 cm³/mol. The average Bonchev–Trinajstić information content (AvgIpc) is 4.05. The van der Waals surface area contributed by atoms with Gasteiger partial charge in [-0.3, -0.25) is 0 Å². The van der Waals surface area contributed by atoms with Crippen molar-refractivity contribution in [1.82, 2.24) is 0 Å². The third-order valence-corrected chi connectivity index (χ3v) is 14.3. The highest BCUT2D eigenvalue weighted by molar-refractivity contribution is 5.91. The molecule has 0 N–H and O–H groups in total. The molecule has 1 spiro atoms. The fourth-order valence-electron chi connectivity index (χ4n) is 11.6. The molecule has 0 radical (unpaired) electrons. The molecule has 12 rings (SSSR count). The van der Waals surface area contributed by atoms with Gasteiger partial charge >= 0.3 is 0 Å². The van der Waals surface area contributed by atoms with Gasteiger partial charge in [0.25, 0.3) is 0 Å². The normalized spacial score (nSPS) is 18.1. The van der Waals surface area contributed by atoms with Crippen molar-refractivity contribution in [3.05, 3.63) is 236 Å². The van der Waals surface area contributed by atoms with Gasteiger partial charge in [-0.2, -0.15) is 0 Å². The fourth-order valence-corrected chi connectivity index (χ4v) is 11.6. The zero-order valence-electron chi connectivity index (χ0n) is 34.8. The molecule has 0 heterocycles. The molecule has 2 bridgehead atoms. The smallest absolute Gasteiger partial charge is 0.0467 e. The molecule has 296 valence electrons. The Morgan fingerprint density at radius 3 is 1.47 bits per heavy atom. The van der Waals surface area contributed by atoms with Crippen LogP contribution >= 0.6 is 0 Å². The lowest BCUT2D eigenvalue weighted by molar-refractivity contribution is 0.327. The summed E-state index contributed by atoms with van der Waals surface area (Å²) in [5.41, 5.74) is 21.8. The Morgan fingerprint density at radius 1 is 0.323 bits per heavy atom. The van der Waals surface area contributed by atoms with E-state index < -0.39 is 0 Å². The maximum atomic E-state index is 2.58. The first kappa shape index (κ1) is 36.6. The van der Waals surface area contributed by atoms with Gasteiger partial charge < -0.3 is 4.90 Å². The van der Waals surface area contributed by atoms with Crippen LogP contribution in [-0.4, -0.2) is 0 Å². The minimum Gasteiger partial charge on any atom is -0.310 e. The van der Waals surface area contributed by atoms with Gasteiger partial charge in [-0.15, -0.1) is 0 Å². The van der Waals surface area contributed by atoms with Crippen LogP contribution in [0.15, 0.2) is 224 Å². The largest absolute Gasteiger partial charge is 0.310 e. The Kier molecular flexibility index (Phi) is 8.89. The van der Waals surface area contributed by atoms with Crippen LogP contribution in [0.3, 0.4) is 0 Å². The minimum absolute atomic E-state index is 0.152. The summed E-state index contributed by atoms with van der Waals surface area (Å²) in [6.07, 6.45) is 5.41. The van der Waals surface area contributed by atoms with Crippen molar-refractivity contribution in [2.24, 2.45) is 11.8 Å². The summed E-state index contributed by atoms with van der Waals surface area (Å²) in [4.78, 5) is 2.39. The Bertz CT molecular complexity index is 2990. The van der Waals surface area contributed by atoms with Gasteiger partial charge in [-0.25, -0.2) is 0 Å². The topological polar surface area (TPSA) is 3.24 Å². The van der Waals surface area contributed by atoms with E-state index in [1.807, 2.05) is 0 Å².